The predicted molar refractivity (Wildman–Crippen MR) is 61.4 cm³/mol. The zero-order chi connectivity index (χ0) is 13.5. The second kappa shape index (κ2) is 7.30. The number of unbranched alkanes of at least 4 members (excludes halogenated alkanes) is 1. The lowest BCUT2D eigenvalue weighted by molar-refractivity contribution is -0.140. The third-order valence-corrected chi connectivity index (χ3v) is 2.24. The summed E-state index contributed by atoms with van der Waals surface area (Å²) in [6, 6.07) is 3.04. The summed E-state index contributed by atoms with van der Waals surface area (Å²) in [5.74, 6) is -1.22. The first-order valence-electron chi connectivity index (χ1n) is 5.72. The molecule has 0 heterocycles. The Balaban J connectivity index is 0.000000557. The summed E-state index contributed by atoms with van der Waals surface area (Å²) < 4.78 is 49.1. The molecule has 0 atom stereocenters. The minimum Gasteiger partial charge on any atom is -0.206 e. The third-order valence-electron chi connectivity index (χ3n) is 2.24. The fourth-order valence-electron chi connectivity index (χ4n) is 1.01. The number of halogens is 4. The van der Waals surface area contributed by atoms with Crippen LogP contribution in [0.15, 0.2) is 18.2 Å². The van der Waals surface area contributed by atoms with Crippen LogP contribution >= 0.6 is 0 Å². The van der Waals surface area contributed by atoms with Crippen LogP contribution in [-0.4, -0.2) is 0 Å². The van der Waals surface area contributed by atoms with Crippen LogP contribution in [0, 0.1) is 5.82 Å². The van der Waals surface area contributed by atoms with E-state index >= 15 is 0 Å². The van der Waals surface area contributed by atoms with Gasteiger partial charge in [0.25, 0.3) is 0 Å². The zero-order valence-electron chi connectivity index (χ0n) is 10.4. The molecule has 0 amide bonds. The van der Waals surface area contributed by atoms with E-state index in [1.807, 2.05) is 0 Å². The lowest BCUT2D eigenvalue weighted by atomic mass is 10.1. The van der Waals surface area contributed by atoms with Crippen LogP contribution in [0.4, 0.5) is 17.6 Å². The molecule has 0 N–H and O–H groups in total. The van der Waals surface area contributed by atoms with Crippen LogP contribution in [0.5, 0.6) is 0 Å². The molecule has 98 valence electrons. The van der Waals surface area contributed by atoms with E-state index in [1.54, 1.807) is 6.92 Å². The first-order chi connectivity index (χ1) is 7.86. The molecule has 0 saturated carbocycles. The minimum atomic E-state index is -4.60. The van der Waals surface area contributed by atoms with Crippen molar-refractivity contribution in [2.45, 2.75) is 46.2 Å². The summed E-state index contributed by atoms with van der Waals surface area (Å²) in [6.45, 7) is 6.08. The van der Waals surface area contributed by atoms with Crippen molar-refractivity contribution in [1.29, 1.82) is 0 Å². The lowest BCUT2D eigenvalue weighted by Gasteiger charge is -2.08. The summed E-state index contributed by atoms with van der Waals surface area (Å²) in [7, 11) is 0. The van der Waals surface area contributed by atoms with E-state index in [1.165, 1.54) is 18.9 Å². The molecule has 1 aromatic carbocycles. The largest absolute Gasteiger partial charge is 0.419 e. The molecule has 17 heavy (non-hydrogen) atoms. The first-order valence-corrected chi connectivity index (χ1v) is 5.72. The van der Waals surface area contributed by atoms with E-state index in [2.05, 4.69) is 13.8 Å². The summed E-state index contributed by atoms with van der Waals surface area (Å²) in [6.07, 6.45) is -1.50. The number of hydrogen-bond acceptors (Lipinski definition) is 0. The Morgan fingerprint density at radius 3 is 1.88 bits per heavy atom. The van der Waals surface area contributed by atoms with Gasteiger partial charge in [-0.15, -0.1) is 0 Å². The number of aryl methyl sites for hydroxylation is 1. The highest BCUT2D eigenvalue weighted by atomic mass is 19.4. The van der Waals surface area contributed by atoms with Crippen LogP contribution in [0.25, 0.3) is 0 Å². The molecule has 0 aliphatic carbocycles. The van der Waals surface area contributed by atoms with Crippen molar-refractivity contribution in [2.75, 3.05) is 0 Å². The molecule has 0 radical (unpaired) electrons. The second-order valence-corrected chi connectivity index (χ2v) is 3.67. The predicted octanol–water partition coefficient (Wildman–Crippen LogP) is 5.21. The van der Waals surface area contributed by atoms with Gasteiger partial charge in [0.05, 0.1) is 5.56 Å². The number of alkyl halides is 3. The highest BCUT2D eigenvalue weighted by Gasteiger charge is 2.33. The number of benzene rings is 1. The Morgan fingerprint density at radius 2 is 1.53 bits per heavy atom. The molecule has 0 bridgehead atoms. The molecule has 4 heteroatoms. The molecule has 0 saturated heterocycles. The molecule has 0 fully saturated rings. The Morgan fingerprint density at radius 1 is 1.00 bits per heavy atom. The van der Waals surface area contributed by atoms with E-state index in [-0.39, 0.29) is 0 Å². The van der Waals surface area contributed by atoms with Crippen molar-refractivity contribution in [1.82, 2.24) is 0 Å². The van der Waals surface area contributed by atoms with E-state index in [0.717, 1.165) is 12.1 Å². The maximum atomic E-state index is 12.7. The highest BCUT2D eigenvalue weighted by molar-refractivity contribution is 5.27. The SMILES string of the molecule is CCCC.CCc1ccc(F)c(C(F)(F)F)c1. The molecule has 1 aromatic rings. The van der Waals surface area contributed by atoms with Gasteiger partial charge in [-0.1, -0.05) is 39.7 Å². The Labute approximate surface area is 99.7 Å². The quantitative estimate of drug-likeness (QED) is 0.632. The average Bonchev–Trinajstić information content (AvgIpc) is 2.28. The maximum absolute atomic E-state index is 12.7. The number of rotatable bonds is 2. The van der Waals surface area contributed by atoms with Gasteiger partial charge in [0.2, 0.25) is 0 Å². The topological polar surface area (TPSA) is 0 Å². The van der Waals surface area contributed by atoms with Crippen molar-refractivity contribution >= 4 is 0 Å². The van der Waals surface area contributed by atoms with Crippen molar-refractivity contribution in [3.8, 4) is 0 Å². The average molecular weight is 250 g/mol. The molecule has 0 spiro atoms. The minimum absolute atomic E-state index is 0.462. The van der Waals surface area contributed by atoms with Gasteiger partial charge in [-0.05, 0) is 24.1 Å². The fourth-order valence-corrected chi connectivity index (χ4v) is 1.01. The van der Waals surface area contributed by atoms with Gasteiger partial charge >= 0.3 is 6.18 Å². The van der Waals surface area contributed by atoms with E-state index < -0.39 is 17.6 Å². The first kappa shape index (κ1) is 15.9. The molecular formula is C13H18F4. The van der Waals surface area contributed by atoms with Crippen LogP contribution in [0.1, 0.15) is 44.7 Å². The third kappa shape index (κ3) is 5.71. The van der Waals surface area contributed by atoms with Crippen molar-refractivity contribution in [2.24, 2.45) is 0 Å². The van der Waals surface area contributed by atoms with Crippen molar-refractivity contribution in [3.05, 3.63) is 35.1 Å². The standard InChI is InChI=1S/C9H8F4.C4H10/c1-2-6-3-4-8(10)7(5-6)9(11,12)13;1-3-4-2/h3-5H,2H2,1H3;3-4H2,1-2H3. The van der Waals surface area contributed by atoms with Crippen LogP contribution < -0.4 is 0 Å². The highest BCUT2D eigenvalue weighted by Crippen LogP contribution is 2.31. The zero-order valence-corrected chi connectivity index (χ0v) is 10.4. The molecule has 0 aromatic heterocycles. The van der Waals surface area contributed by atoms with Gasteiger partial charge in [0.15, 0.2) is 0 Å². The van der Waals surface area contributed by atoms with E-state index in [0.29, 0.717) is 12.0 Å². The normalized spacial score (nSPS) is 10.8. The molecule has 0 nitrogen and oxygen atoms in total. The summed E-state index contributed by atoms with van der Waals surface area (Å²) in [5.41, 5.74) is -0.708. The van der Waals surface area contributed by atoms with Gasteiger partial charge in [0.1, 0.15) is 5.82 Å². The summed E-state index contributed by atoms with van der Waals surface area (Å²) in [5, 5.41) is 0. The monoisotopic (exact) mass is 250 g/mol. The molecule has 1 rings (SSSR count). The van der Waals surface area contributed by atoms with Crippen LogP contribution in [-0.2, 0) is 12.6 Å². The van der Waals surface area contributed by atoms with Crippen molar-refractivity contribution < 1.29 is 17.6 Å². The molecular weight excluding hydrogens is 232 g/mol. The maximum Gasteiger partial charge on any atom is 0.419 e. The molecule has 0 unspecified atom stereocenters. The Kier molecular flexibility index (Phi) is 6.85. The fraction of sp³-hybridized carbons (Fsp3) is 0.538. The van der Waals surface area contributed by atoms with E-state index in [9.17, 15) is 17.6 Å². The van der Waals surface area contributed by atoms with Gasteiger partial charge in [0, 0.05) is 0 Å². The molecule has 0 aliphatic heterocycles. The number of hydrogen-bond donors (Lipinski definition) is 0. The Hall–Kier alpha value is -1.06. The lowest BCUT2D eigenvalue weighted by Crippen LogP contribution is -2.08. The smallest absolute Gasteiger partial charge is 0.206 e. The van der Waals surface area contributed by atoms with Crippen LogP contribution in [0.2, 0.25) is 0 Å². The van der Waals surface area contributed by atoms with Gasteiger partial charge in [-0.3, -0.25) is 0 Å². The molecule has 0 aliphatic rings. The summed E-state index contributed by atoms with van der Waals surface area (Å²) >= 11 is 0. The van der Waals surface area contributed by atoms with Crippen LogP contribution in [0.3, 0.4) is 0 Å². The van der Waals surface area contributed by atoms with E-state index in [4.69, 9.17) is 0 Å². The van der Waals surface area contributed by atoms with Crippen molar-refractivity contribution in [3.63, 3.8) is 0 Å². The van der Waals surface area contributed by atoms with Gasteiger partial charge in [-0.25, -0.2) is 4.39 Å². The second-order valence-electron chi connectivity index (χ2n) is 3.67. The van der Waals surface area contributed by atoms with Gasteiger partial charge < -0.3 is 0 Å². The Bertz CT molecular complexity index is 327. The summed E-state index contributed by atoms with van der Waals surface area (Å²) in [4.78, 5) is 0. The van der Waals surface area contributed by atoms with Gasteiger partial charge in [-0.2, -0.15) is 13.2 Å².